The lowest BCUT2D eigenvalue weighted by Gasteiger charge is -2.26. The number of carbonyl (C=O) groups is 4. The van der Waals surface area contributed by atoms with Crippen molar-refractivity contribution >= 4 is 41.2 Å². The maximum Gasteiger partial charge on any atom is 0.335 e. The van der Waals surface area contributed by atoms with Crippen molar-refractivity contribution in [2.75, 3.05) is 23.4 Å². The zero-order valence-electron chi connectivity index (χ0n) is 21.2. The van der Waals surface area contributed by atoms with Crippen molar-refractivity contribution in [2.24, 2.45) is 0 Å². The molecule has 1 fully saturated rings. The Hall–Kier alpha value is -4.92. The molecule has 9 nitrogen and oxygen atoms in total. The minimum absolute atomic E-state index is 0.219. The molecule has 0 spiro atoms. The third kappa shape index (κ3) is 6.07. The van der Waals surface area contributed by atoms with Gasteiger partial charge in [-0.05, 0) is 80.4 Å². The smallest absolute Gasteiger partial charge is 0.335 e. The van der Waals surface area contributed by atoms with Crippen molar-refractivity contribution in [3.8, 4) is 11.5 Å². The van der Waals surface area contributed by atoms with Crippen LogP contribution in [0.25, 0.3) is 6.08 Å². The van der Waals surface area contributed by atoms with E-state index in [1.165, 1.54) is 6.08 Å². The van der Waals surface area contributed by atoms with Gasteiger partial charge in [-0.3, -0.25) is 19.7 Å². The first kappa shape index (κ1) is 26.2. The second-order valence-electron chi connectivity index (χ2n) is 8.61. The number of imide groups is 2. The molecule has 0 atom stereocenters. The van der Waals surface area contributed by atoms with E-state index in [-0.39, 0.29) is 18.1 Å². The first-order chi connectivity index (χ1) is 18.2. The molecule has 1 saturated heterocycles. The van der Waals surface area contributed by atoms with Crippen molar-refractivity contribution in [1.82, 2.24) is 5.32 Å². The Morgan fingerprint density at radius 1 is 0.947 bits per heavy atom. The van der Waals surface area contributed by atoms with E-state index in [0.717, 1.165) is 16.0 Å². The molecule has 4 rings (SSSR count). The molecule has 1 aliphatic heterocycles. The van der Waals surface area contributed by atoms with Crippen LogP contribution in [0.4, 0.5) is 16.2 Å². The Kier molecular flexibility index (Phi) is 7.86. The first-order valence-electron chi connectivity index (χ1n) is 12.0. The van der Waals surface area contributed by atoms with Crippen LogP contribution in [0.15, 0.2) is 72.3 Å². The number of aryl methyl sites for hydroxylation is 2. The van der Waals surface area contributed by atoms with E-state index in [1.54, 1.807) is 48.5 Å². The molecule has 3 aromatic carbocycles. The van der Waals surface area contributed by atoms with Gasteiger partial charge in [-0.15, -0.1) is 0 Å². The SMILES string of the molecule is CCOc1ccc(N2C(=O)NC(=O)/C(=C\c3cccc(OCC(=O)Nc4ccc(C)cc4C)c3)C2=O)cc1. The van der Waals surface area contributed by atoms with Crippen LogP contribution in [-0.2, 0) is 14.4 Å². The van der Waals surface area contributed by atoms with Gasteiger partial charge in [0.05, 0.1) is 12.3 Å². The van der Waals surface area contributed by atoms with E-state index in [4.69, 9.17) is 9.47 Å². The van der Waals surface area contributed by atoms with Crippen LogP contribution >= 0.6 is 0 Å². The predicted molar refractivity (Wildman–Crippen MR) is 143 cm³/mol. The number of nitrogens with one attached hydrogen (secondary N) is 2. The molecule has 0 unspecified atom stereocenters. The number of urea groups is 1. The van der Waals surface area contributed by atoms with Gasteiger partial charge in [-0.25, -0.2) is 9.69 Å². The van der Waals surface area contributed by atoms with Crippen molar-refractivity contribution in [3.63, 3.8) is 0 Å². The van der Waals surface area contributed by atoms with Crippen molar-refractivity contribution in [2.45, 2.75) is 20.8 Å². The monoisotopic (exact) mass is 513 g/mol. The first-order valence-corrected chi connectivity index (χ1v) is 12.0. The van der Waals surface area contributed by atoms with Crippen LogP contribution in [-0.4, -0.2) is 37.0 Å². The van der Waals surface area contributed by atoms with Gasteiger partial charge in [0.2, 0.25) is 0 Å². The van der Waals surface area contributed by atoms with Crippen molar-refractivity contribution in [1.29, 1.82) is 0 Å². The van der Waals surface area contributed by atoms with Crippen LogP contribution in [0.2, 0.25) is 0 Å². The van der Waals surface area contributed by atoms with Gasteiger partial charge in [0.15, 0.2) is 6.61 Å². The van der Waals surface area contributed by atoms with E-state index in [9.17, 15) is 19.2 Å². The third-order valence-corrected chi connectivity index (χ3v) is 5.70. The highest BCUT2D eigenvalue weighted by Gasteiger charge is 2.36. The Morgan fingerprint density at radius 2 is 1.71 bits per heavy atom. The number of carbonyl (C=O) groups excluding carboxylic acids is 4. The highest BCUT2D eigenvalue weighted by atomic mass is 16.5. The largest absolute Gasteiger partial charge is 0.494 e. The molecule has 2 N–H and O–H groups in total. The molecule has 194 valence electrons. The van der Waals surface area contributed by atoms with Crippen LogP contribution in [0.1, 0.15) is 23.6 Å². The predicted octanol–water partition coefficient (Wildman–Crippen LogP) is 4.39. The number of hydrogen-bond donors (Lipinski definition) is 2. The Morgan fingerprint density at radius 3 is 2.42 bits per heavy atom. The average Bonchev–Trinajstić information content (AvgIpc) is 2.88. The normalized spacial score (nSPS) is 14.3. The fourth-order valence-corrected chi connectivity index (χ4v) is 3.90. The minimum Gasteiger partial charge on any atom is -0.494 e. The van der Waals surface area contributed by atoms with Crippen LogP contribution in [0.5, 0.6) is 11.5 Å². The number of nitrogens with zero attached hydrogens (tertiary/aromatic N) is 1. The minimum atomic E-state index is -0.840. The number of rotatable bonds is 8. The molecule has 0 bridgehead atoms. The number of anilines is 2. The summed E-state index contributed by atoms with van der Waals surface area (Å²) in [5.41, 5.74) is 3.30. The average molecular weight is 514 g/mol. The molecule has 5 amide bonds. The Bertz CT molecular complexity index is 1430. The molecule has 0 aliphatic carbocycles. The molecular formula is C29H27N3O6. The highest BCUT2D eigenvalue weighted by Crippen LogP contribution is 2.25. The third-order valence-electron chi connectivity index (χ3n) is 5.70. The molecule has 38 heavy (non-hydrogen) atoms. The van der Waals surface area contributed by atoms with Crippen LogP contribution in [0.3, 0.4) is 0 Å². The molecule has 9 heteroatoms. The van der Waals surface area contributed by atoms with E-state index in [0.29, 0.717) is 35.0 Å². The summed E-state index contributed by atoms with van der Waals surface area (Å²) in [5.74, 6) is -0.929. The van der Waals surface area contributed by atoms with Crippen molar-refractivity contribution < 1.29 is 28.7 Å². The van der Waals surface area contributed by atoms with E-state index >= 15 is 0 Å². The van der Waals surface area contributed by atoms with Gasteiger partial charge in [0, 0.05) is 5.69 Å². The second kappa shape index (κ2) is 11.4. The maximum atomic E-state index is 13.1. The van der Waals surface area contributed by atoms with Gasteiger partial charge in [0.1, 0.15) is 17.1 Å². The quantitative estimate of drug-likeness (QED) is 0.341. The lowest BCUT2D eigenvalue weighted by molar-refractivity contribution is -0.122. The van der Waals surface area contributed by atoms with E-state index in [2.05, 4.69) is 10.6 Å². The van der Waals surface area contributed by atoms with Crippen LogP contribution < -0.4 is 25.0 Å². The van der Waals surface area contributed by atoms with Gasteiger partial charge in [0.25, 0.3) is 17.7 Å². The van der Waals surface area contributed by atoms with Crippen molar-refractivity contribution in [3.05, 3.63) is 89.0 Å². The number of amides is 5. The number of barbiturate groups is 1. The molecule has 1 aliphatic rings. The molecule has 0 aromatic heterocycles. The maximum absolute atomic E-state index is 13.1. The number of ether oxygens (including phenoxy) is 2. The van der Waals surface area contributed by atoms with Crippen LogP contribution in [0, 0.1) is 13.8 Å². The summed E-state index contributed by atoms with van der Waals surface area (Å²) in [4.78, 5) is 51.4. The summed E-state index contributed by atoms with van der Waals surface area (Å²) in [7, 11) is 0. The standard InChI is InChI=1S/C29H27N3O6/c1-4-37-22-11-9-21(10-12-22)32-28(35)24(27(34)31-29(32)36)16-20-6-5-7-23(15-20)38-17-26(33)30-25-13-8-18(2)14-19(25)3/h5-16H,4,17H2,1-3H3,(H,30,33)(H,31,34,36)/b24-16+. The molecular weight excluding hydrogens is 486 g/mol. The molecule has 0 saturated carbocycles. The highest BCUT2D eigenvalue weighted by molar-refractivity contribution is 6.39. The van der Waals surface area contributed by atoms with Gasteiger partial charge >= 0.3 is 6.03 Å². The lowest BCUT2D eigenvalue weighted by Crippen LogP contribution is -2.54. The molecule has 0 radical (unpaired) electrons. The summed E-state index contributed by atoms with van der Waals surface area (Å²) in [6.45, 7) is 5.98. The fourth-order valence-electron chi connectivity index (χ4n) is 3.90. The summed E-state index contributed by atoms with van der Waals surface area (Å²) in [6, 6.07) is 17.9. The van der Waals surface area contributed by atoms with Gasteiger partial charge < -0.3 is 14.8 Å². The molecule has 1 heterocycles. The number of hydrogen-bond acceptors (Lipinski definition) is 6. The number of benzene rings is 3. The molecule has 3 aromatic rings. The fraction of sp³-hybridized carbons (Fsp3) is 0.172. The Labute approximate surface area is 220 Å². The zero-order chi connectivity index (χ0) is 27.2. The Balaban J connectivity index is 1.47. The second-order valence-corrected chi connectivity index (χ2v) is 8.61. The summed E-state index contributed by atoms with van der Waals surface area (Å²) >= 11 is 0. The van der Waals surface area contributed by atoms with Gasteiger partial charge in [-0.1, -0.05) is 29.8 Å². The topological polar surface area (TPSA) is 114 Å². The summed E-state index contributed by atoms with van der Waals surface area (Å²) in [5, 5.41) is 5.01. The lowest BCUT2D eigenvalue weighted by atomic mass is 10.1. The van der Waals surface area contributed by atoms with E-state index < -0.39 is 17.8 Å². The zero-order valence-corrected chi connectivity index (χ0v) is 21.2. The van der Waals surface area contributed by atoms with E-state index in [1.807, 2.05) is 39.0 Å². The summed E-state index contributed by atoms with van der Waals surface area (Å²) in [6.07, 6.45) is 1.37. The summed E-state index contributed by atoms with van der Waals surface area (Å²) < 4.78 is 11.0. The van der Waals surface area contributed by atoms with Gasteiger partial charge in [-0.2, -0.15) is 0 Å².